The zero-order valence-electron chi connectivity index (χ0n) is 17.4. The van der Waals surface area contributed by atoms with E-state index in [1.54, 1.807) is 56.3 Å². The van der Waals surface area contributed by atoms with Gasteiger partial charge in [-0.3, -0.25) is 8.98 Å². The molecule has 1 heterocycles. The van der Waals surface area contributed by atoms with Crippen molar-refractivity contribution in [2.24, 2.45) is 0 Å². The Kier molecular flexibility index (Phi) is 6.54. The summed E-state index contributed by atoms with van der Waals surface area (Å²) in [4.78, 5) is 12.7. The van der Waals surface area contributed by atoms with Crippen LogP contribution in [0, 0.1) is 6.92 Å². The van der Waals surface area contributed by atoms with Crippen molar-refractivity contribution < 1.29 is 25.8 Å². The van der Waals surface area contributed by atoms with E-state index in [1.807, 2.05) is 6.92 Å². The summed E-state index contributed by atoms with van der Waals surface area (Å²) >= 11 is 0. The molecule has 2 aromatic rings. The van der Waals surface area contributed by atoms with Crippen LogP contribution >= 0.6 is 0 Å². The predicted molar refractivity (Wildman–Crippen MR) is 117 cm³/mol. The number of rotatable bonds is 8. The molecule has 31 heavy (non-hydrogen) atoms. The molecule has 1 aliphatic rings. The molecule has 0 unspecified atom stereocenters. The second-order valence-electron chi connectivity index (χ2n) is 7.29. The SMILES string of the molecule is Cc1ccc(S(=O)(=O)OCCNC2=C(c3ccccc3)S(=O)(=O)N(C(C)C)C2=O)cc1. The van der Waals surface area contributed by atoms with Gasteiger partial charge in [0.05, 0.1) is 11.5 Å². The van der Waals surface area contributed by atoms with Crippen LogP contribution in [0.2, 0.25) is 0 Å². The molecule has 0 spiro atoms. The number of benzene rings is 2. The second kappa shape index (κ2) is 8.81. The number of carbonyl (C=O) groups excluding carboxylic acids is 1. The molecule has 1 amide bonds. The Hall–Kier alpha value is -2.69. The van der Waals surface area contributed by atoms with E-state index in [-0.39, 0.29) is 28.6 Å². The molecule has 0 aromatic heterocycles. The summed E-state index contributed by atoms with van der Waals surface area (Å²) in [6.45, 7) is 4.70. The van der Waals surface area contributed by atoms with Crippen molar-refractivity contribution in [1.82, 2.24) is 9.62 Å². The third kappa shape index (κ3) is 4.65. The first-order valence-electron chi connectivity index (χ1n) is 9.64. The molecule has 0 atom stereocenters. The van der Waals surface area contributed by atoms with Crippen molar-refractivity contribution in [1.29, 1.82) is 0 Å². The first-order chi connectivity index (χ1) is 14.6. The summed E-state index contributed by atoms with van der Waals surface area (Å²) in [7, 11) is -8.02. The summed E-state index contributed by atoms with van der Waals surface area (Å²) in [6.07, 6.45) is 0. The van der Waals surface area contributed by atoms with Crippen LogP contribution in [0.3, 0.4) is 0 Å². The lowest BCUT2D eigenvalue weighted by molar-refractivity contribution is -0.123. The standard InChI is InChI=1S/C21H24N2O6S2/c1-15(2)23-21(24)19(20(30(23,25)26)17-7-5-4-6-8-17)22-13-14-29-31(27,28)18-11-9-16(3)10-12-18/h4-12,15,22H,13-14H2,1-3H3. The van der Waals surface area contributed by atoms with Crippen LogP contribution in [0.5, 0.6) is 0 Å². The Balaban J connectivity index is 1.81. The maximum absolute atomic E-state index is 13.0. The van der Waals surface area contributed by atoms with Gasteiger partial charge in [0, 0.05) is 12.6 Å². The Bertz CT molecular complexity index is 1200. The largest absolute Gasteiger partial charge is 0.377 e. The van der Waals surface area contributed by atoms with Gasteiger partial charge in [-0.15, -0.1) is 0 Å². The van der Waals surface area contributed by atoms with Crippen LogP contribution in [-0.2, 0) is 29.1 Å². The van der Waals surface area contributed by atoms with E-state index >= 15 is 0 Å². The maximum atomic E-state index is 13.0. The molecule has 0 saturated carbocycles. The topological polar surface area (TPSA) is 110 Å². The number of amides is 1. The molecule has 10 heteroatoms. The van der Waals surface area contributed by atoms with Crippen molar-refractivity contribution in [3.05, 3.63) is 71.4 Å². The quantitative estimate of drug-likeness (QED) is 0.471. The Labute approximate surface area is 182 Å². The van der Waals surface area contributed by atoms with Crippen LogP contribution in [0.1, 0.15) is 25.0 Å². The fraction of sp³-hybridized carbons (Fsp3) is 0.286. The van der Waals surface area contributed by atoms with Crippen molar-refractivity contribution in [2.45, 2.75) is 31.7 Å². The molecule has 2 aromatic carbocycles. The van der Waals surface area contributed by atoms with Gasteiger partial charge in [0.2, 0.25) is 0 Å². The number of hydrogen-bond acceptors (Lipinski definition) is 7. The van der Waals surface area contributed by atoms with Gasteiger partial charge in [-0.25, -0.2) is 12.7 Å². The van der Waals surface area contributed by atoms with Gasteiger partial charge in [0.1, 0.15) is 10.6 Å². The summed E-state index contributed by atoms with van der Waals surface area (Å²) in [5, 5.41) is 2.77. The molecule has 166 valence electrons. The van der Waals surface area contributed by atoms with Crippen LogP contribution in [0.4, 0.5) is 0 Å². The first-order valence-corrected chi connectivity index (χ1v) is 12.5. The lowest BCUT2D eigenvalue weighted by Gasteiger charge is -2.20. The van der Waals surface area contributed by atoms with Crippen LogP contribution < -0.4 is 5.32 Å². The number of carbonyl (C=O) groups is 1. The van der Waals surface area contributed by atoms with E-state index in [9.17, 15) is 21.6 Å². The van der Waals surface area contributed by atoms with E-state index in [1.165, 1.54) is 12.1 Å². The van der Waals surface area contributed by atoms with Crippen LogP contribution in [-0.4, -0.2) is 46.2 Å². The smallest absolute Gasteiger partial charge is 0.297 e. The normalized spacial score (nSPS) is 16.3. The fourth-order valence-corrected chi connectivity index (χ4v) is 6.02. The molecule has 0 saturated heterocycles. The molecule has 1 N–H and O–H groups in total. The van der Waals surface area contributed by atoms with E-state index in [2.05, 4.69) is 5.32 Å². The highest BCUT2D eigenvalue weighted by Crippen LogP contribution is 2.35. The van der Waals surface area contributed by atoms with Crippen molar-refractivity contribution in [2.75, 3.05) is 13.2 Å². The summed E-state index contributed by atoms with van der Waals surface area (Å²) in [5.41, 5.74) is 1.18. The minimum atomic E-state index is -4.05. The van der Waals surface area contributed by atoms with Gasteiger partial charge < -0.3 is 5.32 Å². The lowest BCUT2D eigenvalue weighted by Crippen LogP contribution is -2.39. The van der Waals surface area contributed by atoms with E-state index in [0.29, 0.717) is 5.56 Å². The lowest BCUT2D eigenvalue weighted by atomic mass is 10.2. The summed E-state index contributed by atoms with van der Waals surface area (Å²) < 4.78 is 56.5. The molecule has 0 radical (unpaired) electrons. The van der Waals surface area contributed by atoms with Crippen LogP contribution in [0.25, 0.3) is 4.91 Å². The summed E-state index contributed by atoms with van der Waals surface area (Å²) in [6, 6.07) is 13.9. The highest BCUT2D eigenvalue weighted by Gasteiger charge is 2.45. The summed E-state index contributed by atoms with van der Waals surface area (Å²) in [5.74, 6) is -0.685. The zero-order chi connectivity index (χ0) is 22.8. The van der Waals surface area contributed by atoms with Gasteiger partial charge in [0.15, 0.2) is 0 Å². The van der Waals surface area contributed by atoms with Crippen LogP contribution in [0.15, 0.2) is 65.2 Å². The molecular weight excluding hydrogens is 440 g/mol. The van der Waals surface area contributed by atoms with Gasteiger partial charge >= 0.3 is 0 Å². The monoisotopic (exact) mass is 464 g/mol. The van der Waals surface area contributed by atoms with Crippen molar-refractivity contribution in [3.8, 4) is 0 Å². The Morgan fingerprint density at radius 2 is 1.65 bits per heavy atom. The first kappa shape index (κ1) is 23.0. The average molecular weight is 465 g/mol. The fourth-order valence-electron chi connectivity index (χ4n) is 3.19. The number of nitrogens with zero attached hydrogens (tertiary/aromatic N) is 1. The van der Waals surface area contributed by atoms with Crippen molar-refractivity contribution >= 4 is 31.0 Å². The predicted octanol–water partition coefficient (Wildman–Crippen LogP) is 2.24. The number of nitrogens with one attached hydrogen (secondary N) is 1. The van der Waals surface area contributed by atoms with Crippen molar-refractivity contribution in [3.63, 3.8) is 0 Å². The maximum Gasteiger partial charge on any atom is 0.297 e. The van der Waals surface area contributed by atoms with Gasteiger partial charge in [-0.05, 0) is 38.5 Å². The number of hydrogen-bond donors (Lipinski definition) is 1. The Morgan fingerprint density at radius 1 is 1.03 bits per heavy atom. The van der Waals surface area contributed by atoms with E-state index < -0.39 is 32.1 Å². The number of aryl methyl sites for hydroxylation is 1. The van der Waals surface area contributed by atoms with Gasteiger partial charge in [-0.2, -0.15) is 8.42 Å². The molecule has 0 fully saturated rings. The minimum Gasteiger partial charge on any atom is -0.377 e. The van der Waals surface area contributed by atoms with Gasteiger partial charge in [-0.1, -0.05) is 48.0 Å². The highest BCUT2D eigenvalue weighted by molar-refractivity contribution is 7.99. The van der Waals surface area contributed by atoms with Gasteiger partial charge in [0.25, 0.3) is 26.0 Å². The molecular formula is C21H24N2O6S2. The van der Waals surface area contributed by atoms with E-state index in [0.717, 1.165) is 9.87 Å². The average Bonchev–Trinajstić information content (AvgIpc) is 2.91. The second-order valence-corrected chi connectivity index (χ2v) is 10.7. The molecule has 0 bridgehead atoms. The van der Waals surface area contributed by atoms with E-state index in [4.69, 9.17) is 4.18 Å². The molecule has 1 aliphatic heterocycles. The third-order valence-corrected chi connectivity index (χ3v) is 8.00. The molecule has 0 aliphatic carbocycles. The number of sulfonamides is 1. The molecule has 8 nitrogen and oxygen atoms in total. The molecule has 3 rings (SSSR count). The minimum absolute atomic E-state index is 0.0211. The zero-order valence-corrected chi connectivity index (χ0v) is 19.0. The highest BCUT2D eigenvalue weighted by atomic mass is 32.2. The third-order valence-electron chi connectivity index (χ3n) is 4.61. The Morgan fingerprint density at radius 3 is 2.23 bits per heavy atom.